The Morgan fingerprint density at radius 2 is 1.64 bits per heavy atom. The van der Waals surface area contributed by atoms with Crippen molar-refractivity contribution < 1.29 is 14.4 Å². The highest BCUT2D eigenvalue weighted by Crippen LogP contribution is 2.23. The molecule has 3 amide bonds. The topological polar surface area (TPSA) is 69.7 Å². The number of carbonyl (C=O) groups is 3. The maximum Gasteiger partial charge on any atom is 0.251 e. The molecule has 0 radical (unpaired) electrons. The molecule has 1 heterocycles. The van der Waals surface area contributed by atoms with Gasteiger partial charge in [0.2, 0.25) is 11.8 Å². The minimum Gasteiger partial charge on any atom is -0.340 e. The van der Waals surface area contributed by atoms with E-state index < -0.39 is 6.04 Å². The number of benzene rings is 1. The van der Waals surface area contributed by atoms with Gasteiger partial charge in [-0.3, -0.25) is 14.4 Å². The average molecular weight is 500 g/mol. The Hall–Kier alpha value is -2.37. The summed E-state index contributed by atoms with van der Waals surface area (Å²) in [4.78, 5) is 43.7. The highest BCUT2D eigenvalue weighted by molar-refractivity contribution is 5.97. The lowest BCUT2D eigenvalue weighted by molar-refractivity contribution is -0.146. The van der Waals surface area contributed by atoms with Crippen LogP contribution in [0.25, 0.3) is 0 Å². The molecule has 1 aromatic rings. The van der Waals surface area contributed by atoms with Gasteiger partial charge in [-0.25, -0.2) is 0 Å². The van der Waals surface area contributed by atoms with E-state index in [2.05, 4.69) is 39.9 Å². The van der Waals surface area contributed by atoms with Gasteiger partial charge in [-0.1, -0.05) is 79.9 Å². The lowest BCUT2D eigenvalue weighted by atomic mass is 9.86. The van der Waals surface area contributed by atoms with Gasteiger partial charge < -0.3 is 15.1 Å². The molecular weight excluding hydrogens is 450 g/mol. The van der Waals surface area contributed by atoms with E-state index in [9.17, 15) is 14.4 Å². The molecular formula is C30H49N3O3. The Labute approximate surface area is 219 Å². The molecule has 1 saturated heterocycles. The fourth-order valence-electron chi connectivity index (χ4n) is 4.90. The molecule has 0 aromatic heterocycles. The number of piperazine rings is 1. The summed E-state index contributed by atoms with van der Waals surface area (Å²) in [6.45, 7) is 18.3. The Morgan fingerprint density at radius 3 is 2.14 bits per heavy atom. The van der Waals surface area contributed by atoms with Crippen molar-refractivity contribution in [3.63, 3.8) is 0 Å². The van der Waals surface area contributed by atoms with Gasteiger partial charge in [0.25, 0.3) is 5.91 Å². The third-order valence-corrected chi connectivity index (χ3v) is 7.75. The van der Waals surface area contributed by atoms with Gasteiger partial charge in [0.1, 0.15) is 6.04 Å². The van der Waals surface area contributed by atoms with Crippen LogP contribution in [0.15, 0.2) is 24.3 Å². The van der Waals surface area contributed by atoms with Crippen molar-refractivity contribution in [3.05, 3.63) is 35.4 Å². The van der Waals surface area contributed by atoms with Crippen molar-refractivity contribution in [2.45, 2.75) is 105 Å². The number of hydrogen-bond donors (Lipinski definition) is 1. The lowest BCUT2D eigenvalue weighted by Crippen LogP contribution is -2.60. The summed E-state index contributed by atoms with van der Waals surface area (Å²) in [5.74, 6) is 0.00459. The van der Waals surface area contributed by atoms with E-state index in [1.54, 1.807) is 0 Å². The number of hydrogen-bond acceptors (Lipinski definition) is 3. The smallest absolute Gasteiger partial charge is 0.251 e. The molecule has 0 saturated carbocycles. The van der Waals surface area contributed by atoms with Crippen LogP contribution in [0.3, 0.4) is 0 Å². The van der Waals surface area contributed by atoms with Gasteiger partial charge in [0.15, 0.2) is 0 Å². The molecule has 0 aliphatic carbocycles. The summed E-state index contributed by atoms with van der Waals surface area (Å²) < 4.78 is 0. The highest BCUT2D eigenvalue weighted by Gasteiger charge is 2.36. The standard InChI is InChI=1S/C30H49N3O3/c1-9-12-13-23(11-3)28(35)33-19-18-32(20-22(33)5)29(36)26(21(4)10-2)31-27(34)24-14-16-25(17-15-24)30(6,7)8/h14-17,21-23,26H,9-13,18-20H2,1-8H3,(H,31,34). The van der Waals surface area contributed by atoms with E-state index in [4.69, 9.17) is 0 Å². The van der Waals surface area contributed by atoms with Crippen LogP contribution < -0.4 is 5.32 Å². The number of rotatable bonds is 10. The largest absolute Gasteiger partial charge is 0.340 e. The first-order valence-electron chi connectivity index (χ1n) is 13.9. The van der Waals surface area contributed by atoms with Gasteiger partial charge >= 0.3 is 0 Å². The molecule has 0 bridgehead atoms. The third kappa shape index (κ3) is 7.57. The zero-order valence-corrected chi connectivity index (χ0v) is 23.9. The van der Waals surface area contributed by atoms with Crippen LogP contribution in [-0.4, -0.2) is 59.2 Å². The van der Waals surface area contributed by atoms with E-state index in [1.165, 1.54) is 0 Å². The van der Waals surface area contributed by atoms with E-state index in [0.29, 0.717) is 25.2 Å². The van der Waals surface area contributed by atoms with Gasteiger partial charge in [-0.05, 0) is 48.8 Å². The normalized spacial score (nSPS) is 18.9. The predicted octanol–water partition coefficient (Wildman–Crippen LogP) is 5.40. The number of carbonyl (C=O) groups excluding carboxylic acids is 3. The molecule has 1 N–H and O–H groups in total. The van der Waals surface area contributed by atoms with Gasteiger partial charge in [0, 0.05) is 37.2 Å². The van der Waals surface area contributed by atoms with Crippen LogP contribution >= 0.6 is 0 Å². The second kappa shape index (κ2) is 13.3. The minimum absolute atomic E-state index is 0.00350. The van der Waals surface area contributed by atoms with Crippen LogP contribution in [0.5, 0.6) is 0 Å². The highest BCUT2D eigenvalue weighted by atomic mass is 16.2. The Morgan fingerprint density at radius 1 is 1.00 bits per heavy atom. The maximum atomic E-state index is 13.6. The molecule has 6 nitrogen and oxygen atoms in total. The first kappa shape index (κ1) is 29.9. The predicted molar refractivity (Wildman–Crippen MR) is 147 cm³/mol. The summed E-state index contributed by atoms with van der Waals surface area (Å²) in [7, 11) is 0. The molecule has 0 spiro atoms. The molecule has 1 aliphatic heterocycles. The quantitative estimate of drug-likeness (QED) is 0.468. The van der Waals surface area contributed by atoms with Crippen LogP contribution in [0.1, 0.15) is 103 Å². The first-order valence-corrected chi connectivity index (χ1v) is 13.9. The molecule has 4 atom stereocenters. The molecule has 36 heavy (non-hydrogen) atoms. The molecule has 1 aromatic carbocycles. The molecule has 202 valence electrons. The van der Waals surface area contributed by atoms with Gasteiger partial charge in [-0.15, -0.1) is 0 Å². The summed E-state index contributed by atoms with van der Waals surface area (Å²) in [5, 5.41) is 3.03. The fraction of sp³-hybridized carbons (Fsp3) is 0.700. The van der Waals surface area contributed by atoms with E-state index >= 15 is 0 Å². The van der Waals surface area contributed by atoms with Crippen molar-refractivity contribution >= 4 is 17.7 Å². The molecule has 4 unspecified atom stereocenters. The third-order valence-electron chi connectivity index (χ3n) is 7.75. The monoisotopic (exact) mass is 499 g/mol. The van der Waals surface area contributed by atoms with Crippen LogP contribution in [0.2, 0.25) is 0 Å². The SMILES string of the molecule is CCCCC(CC)C(=O)N1CCN(C(=O)C(NC(=O)c2ccc(C(C)(C)C)cc2)C(C)CC)CC1C. The van der Waals surface area contributed by atoms with Crippen molar-refractivity contribution in [2.75, 3.05) is 19.6 Å². The lowest BCUT2D eigenvalue weighted by Gasteiger charge is -2.42. The van der Waals surface area contributed by atoms with Crippen LogP contribution in [-0.2, 0) is 15.0 Å². The molecule has 2 rings (SSSR count). The minimum atomic E-state index is -0.591. The van der Waals surface area contributed by atoms with Crippen LogP contribution in [0, 0.1) is 11.8 Å². The van der Waals surface area contributed by atoms with Crippen molar-refractivity contribution in [2.24, 2.45) is 11.8 Å². The average Bonchev–Trinajstić information content (AvgIpc) is 2.86. The number of amides is 3. The fourth-order valence-corrected chi connectivity index (χ4v) is 4.90. The number of nitrogens with zero attached hydrogens (tertiary/aromatic N) is 2. The second-order valence-corrected chi connectivity index (χ2v) is 11.6. The van der Waals surface area contributed by atoms with Crippen molar-refractivity contribution in [3.8, 4) is 0 Å². The molecule has 1 fully saturated rings. The molecule has 1 aliphatic rings. The van der Waals surface area contributed by atoms with Gasteiger partial charge in [0.05, 0.1) is 0 Å². The Bertz CT molecular complexity index is 874. The Balaban J connectivity index is 2.09. The number of nitrogens with one attached hydrogen (secondary N) is 1. The van der Waals surface area contributed by atoms with Crippen molar-refractivity contribution in [1.29, 1.82) is 0 Å². The van der Waals surface area contributed by atoms with Crippen molar-refractivity contribution in [1.82, 2.24) is 15.1 Å². The maximum absolute atomic E-state index is 13.6. The van der Waals surface area contributed by atoms with E-state index in [0.717, 1.165) is 37.7 Å². The molecule has 6 heteroatoms. The van der Waals surface area contributed by atoms with Crippen LogP contribution in [0.4, 0.5) is 0 Å². The summed E-state index contributed by atoms with van der Waals surface area (Å²) in [5.41, 5.74) is 1.73. The van der Waals surface area contributed by atoms with E-state index in [1.807, 2.05) is 54.8 Å². The zero-order chi connectivity index (χ0) is 27.0. The summed E-state index contributed by atoms with van der Waals surface area (Å²) in [6.07, 6.45) is 4.71. The first-order chi connectivity index (χ1) is 16.9. The summed E-state index contributed by atoms with van der Waals surface area (Å²) >= 11 is 0. The number of unbranched alkanes of at least 4 members (excludes halogenated alkanes) is 1. The van der Waals surface area contributed by atoms with E-state index in [-0.39, 0.29) is 41.0 Å². The summed E-state index contributed by atoms with van der Waals surface area (Å²) in [6, 6.07) is 7.01. The second-order valence-electron chi connectivity index (χ2n) is 11.6. The Kier molecular flexibility index (Phi) is 11.0. The van der Waals surface area contributed by atoms with Gasteiger partial charge in [-0.2, -0.15) is 0 Å². The zero-order valence-electron chi connectivity index (χ0n) is 23.9.